The van der Waals surface area contributed by atoms with Crippen LogP contribution in [0.3, 0.4) is 0 Å². The predicted octanol–water partition coefficient (Wildman–Crippen LogP) is 2.03. The van der Waals surface area contributed by atoms with Gasteiger partial charge in [0.2, 0.25) is 0 Å². The average molecular weight is 190 g/mol. The molecule has 14 heavy (non-hydrogen) atoms. The Bertz CT molecular complexity index is 256. The smallest absolute Gasteiger partial charge is 0.0248 e. The molecular formula is C12H18N2. The zero-order valence-corrected chi connectivity index (χ0v) is 8.45. The van der Waals surface area contributed by atoms with Crippen LogP contribution in [0.2, 0.25) is 0 Å². The second-order valence-corrected chi connectivity index (χ2v) is 3.41. The summed E-state index contributed by atoms with van der Waals surface area (Å²) >= 11 is 0. The third-order valence-electron chi connectivity index (χ3n) is 2.31. The molecule has 0 spiro atoms. The zero-order valence-electron chi connectivity index (χ0n) is 8.45. The lowest BCUT2D eigenvalue weighted by Gasteiger charge is -2.13. The van der Waals surface area contributed by atoms with Crippen LogP contribution in [0.25, 0.3) is 0 Å². The molecule has 0 aliphatic heterocycles. The minimum atomic E-state index is 0.340. The van der Waals surface area contributed by atoms with Crippen molar-refractivity contribution >= 4 is 0 Å². The molecule has 0 bridgehead atoms. The Morgan fingerprint density at radius 1 is 1.36 bits per heavy atom. The Hall–Kier alpha value is -1.12. The van der Waals surface area contributed by atoms with E-state index in [0.717, 1.165) is 19.3 Å². The van der Waals surface area contributed by atoms with Crippen molar-refractivity contribution in [3.8, 4) is 0 Å². The first-order chi connectivity index (χ1) is 6.86. The SMILES string of the molecule is C=CC[C@@H](CCc1ccccc1)NN. The van der Waals surface area contributed by atoms with Crippen molar-refractivity contribution in [1.29, 1.82) is 0 Å². The fourth-order valence-corrected chi connectivity index (χ4v) is 1.46. The molecule has 1 rings (SSSR count). The summed E-state index contributed by atoms with van der Waals surface area (Å²) in [5.74, 6) is 5.43. The summed E-state index contributed by atoms with van der Waals surface area (Å²) in [6, 6.07) is 10.8. The molecule has 0 aromatic heterocycles. The van der Waals surface area contributed by atoms with E-state index in [1.807, 2.05) is 12.1 Å². The van der Waals surface area contributed by atoms with Crippen molar-refractivity contribution in [2.45, 2.75) is 25.3 Å². The molecule has 0 radical (unpaired) electrons. The number of aryl methyl sites for hydroxylation is 1. The van der Waals surface area contributed by atoms with Gasteiger partial charge in [-0.15, -0.1) is 6.58 Å². The Labute approximate surface area is 85.8 Å². The first kappa shape index (κ1) is 11.0. The Kier molecular flexibility index (Phi) is 4.97. The highest BCUT2D eigenvalue weighted by molar-refractivity contribution is 5.14. The Morgan fingerprint density at radius 2 is 2.07 bits per heavy atom. The number of nitrogens with one attached hydrogen (secondary N) is 1. The van der Waals surface area contributed by atoms with Crippen LogP contribution in [0.1, 0.15) is 18.4 Å². The van der Waals surface area contributed by atoms with E-state index in [2.05, 4.69) is 36.3 Å². The summed E-state index contributed by atoms with van der Waals surface area (Å²) in [6.45, 7) is 3.71. The Morgan fingerprint density at radius 3 is 2.64 bits per heavy atom. The van der Waals surface area contributed by atoms with Crippen LogP contribution in [-0.2, 0) is 6.42 Å². The molecule has 1 aromatic rings. The van der Waals surface area contributed by atoms with Gasteiger partial charge in [-0.25, -0.2) is 0 Å². The molecule has 2 heteroatoms. The summed E-state index contributed by atoms with van der Waals surface area (Å²) in [4.78, 5) is 0. The standard InChI is InChI=1S/C12H18N2/c1-2-6-12(14-13)10-9-11-7-4-3-5-8-11/h2-5,7-8,12,14H,1,6,9-10,13H2/t12-/m0/s1. The normalized spacial score (nSPS) is 12.4. The lowest BCUT2D eigenvalue weighted by atomic mass is 10.0. The fourth-order valence-electron chi connectivity index (χ4n) is 1.46. The van der Waals surface area contributed by atoms with Crippen molar-refractivity contribution in [3.63, 3.8) is 0 Å². The average Bonchev–Trinajstić information content (AvgIpc) is 2.25. The van der Waals surface area contributed by atoms with E-state index < -0.39 is 0 Å². The van der Waals surface area contributed by atoms with E-state index in [1.54, 1.807) is 0 Å². The van der Waals surface area contributed by atoms with Gasteiger partial charge in [0.25, 0.3) is 0 Å². The molecule has 0 aliphatic rings. The van der Waals surface area contributed by atoms with Crippen LogP contribution < -0.4 is 11.3 Å². The second kappa shape index (κ2) is 6.35. The first-order valence-corrected chi connectivity index (χ1v) is 4.97. The summed E-state index contributed by atoms with van der Waals surface area (Å²) in [7, 11) is 0. The van der Waals surface area contributed by atoms with Gasteiger partial charge < -0.3 is 0 Å². The minimum absolute atomic E-state index is 0.340. The number of rotatable bonds is 6. The lowest BCUT2D eigenvalue weighted by molar-refractivity contribution is 0.499. The van der Waals surface area contributed by atoms with Gasteiger partial charge in [0.05, 0.1) is 0 Å². The van der Waals surface area contributed by atoms with Gasteiger partial charge in [-0.2, -0.15) is 0 Å². The molecular weight excluding hydrogens is 172 g/mol. The first-order valence-electron chi connectivity index (χ1n) is 4.97. The maximum absolute atomic E-state index is 5.43. The van der Waals surface area contributed by atoms with Gasteiger partial charge in [0.15, 0.2) is 0 Å². The molecule has 2 nitrogen and oxygen atoms in total. The van der Waals surface area contributed by atoms with Crippen LogP contribution in [0.5, 0.6) is 0 Å². The van der Waals surface area contributed by atoms with Crippen molar-refractivity contribution in [1.82, 2.24) is 5.43 Å². The van der Waals surface area contributed by atoms with Crippen molar-refractivity contribution in [3.05, 3.63) is 48.6 Å². The van der Waals surface area contributed by atoms with E-state index in [0.29, 0.717) is 6.04 Å². The lowest BCUT2D eigenvalue weighted by Crippen LogP contribution is -2.34. The van der Waals surface area contributed by atoms with Crippen molar-refractivity contribution in [2.24, 2.45) is 5.84 Å². The highest BCUT2D eigenvalue weighted by atomic mass is 15.2. The molecule has 0 saturated heterocycles. The van der Waals surface area contributed by atoms with E-state index in [4.69, 9.17) is 5.84 Å². The quantitative estimate of drug-likeness (QED) is 0.409. The molecule has 0 unspecified atom stereocenters. The third kappa shape index (κ3) is 3.73. The van der Waals surface area contributed by atoms with Gasteiger partial charge in [0, 0.05) is 6.04 Å². The molecule has 76 valence electrons. The van der Waals surface area contributed by atoms with E-state index in [1.165, 1.54) is 5.56 Å². The van der Waals surface area contributed by atoms with E-state index >= 15 is 0 Å². The van der Waals surface area contributed by atoms with Crippen LogP contribution in [0.15, 0.2) is 43.0 Å². The number of hydrogen-bond donors (Lipinski definition) is 2. The monoisotopic (exact) mass is 190 g/mol. The van der Waals surface area contributed by atoms with Gasteiger partial charge >= 0.3 is 0 Å². The summed E-state index contributed by atoms with van der Waals surface area (Å²) in [6.07, 6.45) is 4.93. The summed E-state index contributed by atoms with van der Waals surface area (Å²) in [5, 5.41) is 0. The van der Waals surface area contributed by atoms with Crippen LogP contribution >= 0.6 is 0 Å². The molecule has 1 aromatic carbocycles. The molecule has 3 N–H and O–H groups in total. The maximum atomic E-state index is 5.43. The van der Waals surface area contributed by atoms with Gasteiger partial charge in [-0.05, 0) is 24.8 Å². The van der Waals surface area contributed by atoms with Gasteiger partial charge in [-0.1, -0.05) is 36.4 Å². The largest absolute Gasteiger partial charge is 0.271 e. The zero-order chi connectivity index (χ0) is 10.2. The predicted molar refractivity (Wildman–Crippen MR) is 60.7 cm³/mol. The highest BCUT2D eigenvalue weighted by Crippen LogP contribution is 2.06. The fraction of sp³-hybridized carbons (Fsp3) is 0.333. The van der Waals surface area contributed by atoms with Crippen molar-refractivity contribution in [2.75, 3.05) is 0 Å². The van der Waals surface area contributed by atoms with E-state index in [9.17, 15) is 0 Å². The number of benzene rings is 1. The molecule has 1 atom stereocenters. The second-order valence-electron chi connectivity index (χ2n) is 3.41. The summed E-state index contributed by atoms with van der Waals surface area (Å²) in [5.41, 5.74) is 4.16. The van der Waals surface area contributed by atoms with Crippen LogP contribution in [0, 0.1) is 0 Å². The van der Waals surface area contributed by atoms with E-state index in [-0.39, 0.29) is 0 Å². The molecule has 0 amide bonds. The Balaban J connectivity index is 2.35. The topological polar surface area (TPSA) is 38.0 Å². The highest BCUT2D eigenvalue weighted by Gasteiger charge is 2.03. The summed E-state index contributed by atoms with van der Waals surface area (Å²) < 4.78 is 0. The third-order valence-corrected chi connectivity index (χ3v) is 2.31. The number of nitrogens with two attached hydrogens (primary N) is 1. The van der Waals surface area contributed by atoms with Gasteiger partial charge in [-0.3, -0.25) is 11.3 Å². The van der Waals surface area contributed by atoms with Gasteiger partial charge in [0.1, 0.15) is 0 Å². The number of hydrazine groups is 1. The number of hydrogen-bond acceptors (Lipinski definition) is 2. The minimum Gasteiger partial charge on any atom is -0.271 e. The molecule has 0 saturated carbocycles. The van der Waals surface area contributed by atoms with Crippen molar-refractivity contribution < 1.29 is 0 Å². The molecule has 0 fully saturated rings. The molecule has 0 heterocycles. The molecule has 0 aliphatic carbocycles. The van der Waals surface area contributed by atoms with Crippen LogP contribution in [-0.4, -0.2) is 6.04 Å². The van der Waals surface area contributed by atoms with Crippen LogP contribution in [0.4, 0.5) is 0 Å². The maximum Gasteiger partial charge on any atom is 0.0248 e.